The van der Waals surface area contributed by atoms with Gasteiger partial charge in [0, 0.05) is 26.2 Å². The molecule has 3 rings (SSSR count). The van der Waals surface area contributed by atoms with E-state index in [1.165, 1.54) is 4.90 Å². The van der Waals surface area contributed by atoms with E-state index in [0.717, 1.165) is 22.0 Å². The SMILES string of the molecule is O=C(CCOCc1ccccc1)N1CCN(S(=O)(=O)c2ccc(Cl)c(C(F)(F)F)c2)CC1. The minimum Gasteiger partial charge on any atom is -0.376 e. The lowest BCUT2D eigenvalue weighted by Crippen LogP contribution is -2.50. The zero-order chi connectivity index (χ0) is 23.4. The summed E-state index contributed by atoms with van der Waals surface area (Å²) in [6, 6.07) is 12.0. The Bertz CT molecular complexity index is 1040. The van der Waals surface area contributed by atoms with Crippen molar-refractivity contribution in [1.82, 2.24) is 9.21 Å². The molecule has 1 fully saturated rings. The van der Waals surface area contributed by atoms with Crippen LogP contribution in [0.25, 0.3) is 0 Å². The van der Waals surface area contributed by atoms with Crippen molar-refractivity contribution in [3.63, 3.8) is 0 Å². The third-order valence-corrected chi connectivity index (χ3v) is 7.27. The Balaban J connectivity index is 1.53. The summed E-state index contributed by atoms with van der Waals surface area (Å²) < 4.78 is 71.4. The summed E-state index contributed by atoms with van der Waals surface area (Å²) >= 11 is 5.57. The quantitative estimate of drug-likeness (QED) is 0.554. The number of rotatable bonds is 7. The molecule has 0 aromatic heterocycles. The van der Waals surface area contributed by atoms with Crippen LogP contribution in [0.15, 0.2) is 53.4 Å². The number of hydrogen-bond acceptors (Lipinski definition) is 4. The van der Waals surface area contributed by atoms with Crippen molar-refractivity contribution in [3.8, 4) is 0 Å². The minimum absolute atomic E-state index is 0.0110. The Morgan fingerprint density at radius 3 is 2.31 bits per heavy atom. The van der Waals surface area contributed by atoms with Gasteiger partial charge in [0.2, 0.25) is 15.9 Å². The first-order valence-corrected chi connectivity index (χ1v) is 11.7. The molecule has 0 radical (unpaired) electrons. The van der Waals surface area contributed by atoms with Crippen molar-refractivity contribution in [2.75, 3.05) is 32.8 Å². The van der Waals surface area contributed by atoms with Crippen LogP contribution in [0.5, 0.6) is 0 Å². The predicted octanol–water partition coefficient (Wildman–Crippen LogP) is 3.80. The second-order valence-corrected chi connectivity index (χ2v) is 9.56. The molecule has 0 aliphatic carbocycles. The highest BCUT2D eigenvalue weighted by Gasteiger charge is 2.36. The molecule has 6 nitrogen and oxygen atoms in total. The normalized spacial score (nSPS) is 15.7. The number of sulfonamides is 1. The molecular formula is C21H22ClF3N2O4S. The molecule has 1 aliphatic heterocycles. The summed E-state index contributed by atoms with van der Waals surface area (Å²) in [5.41, 5.74) is -0.209. The average Bonchev–Trinajstić information content (AvgIpc) is 2.76. The van der Waals surface area contributed by atoms with Gasteiger partial charge in [-0.25, -0.2) is 8.42 Å². The van der Waals surface area contributed by atoms with E-state index in [2.05, 4.69) is 0 Å². The Kier molecular flexibility index (Phi) is 7.81. The number of ether oxygens (including phenoxy) is 1. The van der Waals surface area contributed by atoms with Crippen LogP contribution in [-0.2, 0) is 32.3 Å². The van der Waals surface area contributed by atoms with Gasteiger partial charge in [-0.2, -0.15) is 17.5 Å². The number of carbonyl (C=O) groups is 1. The highest BCUT2D eigenvalue weighted by atomic mass is 35.5. The van der Waals surface area contributed by atoms with Gasteiger partial charge in [-0.05, 0) is 23.8 Å². The fourth-order valence-corrected chi connectivity index (χ4v) is 4.96. The number of halogens is 4. The minimum atomic E-state index is -4.77. The number of alkyl halides is 3. The number of carbonyl (C=O) groups excluding carboxylic acids is 1. The lowest BCUT2D eigenvalue weighted by atomic mass is 10.2. The summed E-state index contributed by atoms with van der Waals surface area (Å²) in [6.45, 7) is 0.900. The van der Waals surface area contributed by atoms with E-state index in [1.807, 2.05) is 30.3 Å². The van der Waals surface area contributed by atoms with Gasteiger partial charge in [0.25, 0.3) is 0 Å². The van der Waals surface area contributed by atoms with E-state index in [9.17, 15) is 26.4 Å². The van der Waals surface area contributed by atoms with Crippen LogP contribution < -0.4 is 0 Å². The lowest BCUT2D eigenvalue weighted by molar-refractivity contribution is -0.137. The molecular weight excluding hydrogens is 469 g/mol. The van der Waals surface area contributed by atoms with E-state index >= 15 is 0 Å². The fraction of sp³-hybridized carbons (Fsp3) is 0.381. The topological polar surface area (TPSA) is 66.9 Å². The number of amides is 1. The molecule has 1 saturated heterocycles. The van der Waals surface area contributed by atoms with E-state index in [0.29, 0.717) is 12.7 Å². The highest BCUT2D eigenvalue weighted by Crippen LogP contribution is 2.36. The monoisotopic (exact) mass is 490 g/mol. The van der Waals surface area contributed by atoms with Crippen LogP contribution in [0.1, 0.15) is 17.5 Å². The van der Waals surface area contributed by atoms with E-state index < -0.39 is 31.7 Å². The second-order valence-electron chi connectivity index (χ2n) is 7.21. The maximum absolute atomic E-state index is 13.1. The maximum Gasteiger partial charge on any atom is 0.417 e. The van der Waals surface area contributed by atoms with Crippen molar-refractivity contribution in [1.29, 1.82) is 0 Å². The number of hydrogen-bond donors (Lipinski definition) is 0. The van der Waals surface area contributed by atoms with Gasteiger partial charge < -0.3 is 9.64 Å². The Labute approximate surface area is 189 Å². The summed E-state index contributed by atoms with van der Waals surface area (Å²) in [7, 11) is -4.15. The van der Waals surface area contributed by atoms with Crippen molar-refractivity contribution in [2.24, 2.45) is 0 Å². The third kappa shape index (κ3) is 6.00. The van der Waals surface area contributed by atoms with E-state index in [4.69, 9.17) is 16.3 Å². The lowest BCUT2D eigenvalue weighted by Gasteiger charge is -2.34. The Morgan fingerprint density at radius 2 is 1.69 bits per heavy atom. The largest absolute Gasteiger partial charge is 0.417 e. The van der Waals surface area contributed by atoms with Crippen LogP contribution in [0.4, 0.5) is 13.2 Å². The zero-order valence-corrected chi connectivity index (χ0v) is 18.6. The molecule has 1 aliphatic rings. The average molecular weight is 491 g/mol. The maximum atomic E-state index is 13.1. The van der Waals surface area contributed by atoms with Crippen molar-refractivity contribution >= 4 is 27.5 Å². The summed E-state index contributed by atoms with van der Waals surface area (Å²) in [4.78, 5) is 13.4. The molecule has 1 amide bonds. The number of benzene rings is 2. The highest BCUT2D eigenvalue weighted by molar-refractivity contribution is 7.89. The summed E-state index contributed by atoms with van der Waals surface area (Å²) in [5.74, 6) is -0.166. The van der Waals surface area contributed by atoms with Crippen molar-refractivity contribution in [2.45, 2.75) is 24.1 Å². The summed E-state index contributed by atoms with van der Waals surface area (Å²) in [5, 5.41) is -0.568. The Morgan fingerprint density at radius 1 is 1.03 bits per heavy atom. The van der Waals surface area contributed by atoms with Gasteiger partial charge in [-0.1, -0.05) is 41.9 Å². The Hall–Kier alpha value is -2.14. The molecule has 0 atom stereocenters. The van der Waals surface area contributed by atoms with Crippen LogP contribution in [0.2, 0.25) is 5.02 Å². The smallest absolute Gasteiger partial charge is 0.376 e. The van der Waals surface area contributed by atoms with Gasteiger partial charge in [0.1, 0.15) is 0 Å². The molecule has 0 saturated carbocycles. The van der Waals surface area contributed by atoms with Crippen LogP contribution in [0, 0.1) is 0 Å². The summed E-state index contributed by atoms with van der Waals surface area (Å²) in [6.07, 6.45) is -4.61. The van der Waals surface area contributed by atoms with Gasteiger partial charge in [-0.3, -0.25) is 4.79 Å². The van der Waals surface area contributed by atoms with E-state index in [-0.39, 0.29) is 45.1 Å². The molecule has 1 heterocycles. The van der Waals surface area contributed by atoms with Gasteiger partial charge >= 0.3 is 6.18 Å². The second kappa shape index (κ2) is 10.2. The molecule has 174 valence electrons. The first-order chi connectivity index (χ1) is 15.1. The van der Waals surface area contributed by atoms with Crippen LogP contribution in [-0.4, -0.2) is 56.3 Å². The first kappa shape index (κ1) is 24.5. The number of piperazine rings is 1. The predicted molar refractivity (Wildman–Crippen MR) is 113 cm³/mol. The first-order valence-electron chi connectivity index (χ1n) is 9.85. The molecule has 2 aromatic rings. The molecule has 2 aromatic carbocycles. The molecule has 0 unspecified atom stereocenters. The van der Waals surface area contributed by atoms with Crippen molar-refractivity contribution < 1.29 is 31.1 Å². The van der Waals surface area contributed by atoms with E-state index in [1.54, 1.807) is 0 Å². The van der Waals surface area contributed by atoms with Crippen LogP contribution in [0.3, 0.4) is 0 Å². The molecule has 0 spiro atoms. The molecule has 0 N–H and O–H groups in total. The third-order valence-electron chi connectivity index (χ3n) is 5.04. The molecule has 0 bridgehead atoms. The van der Waals surface area contributed by atoms with Crippen molar-refractivity contribution in [3.05, 3.63) is 64.7 Å². The van der Waals surface area contributed by atoms with Gasteiger partial charge in [-0.15, -0.1) is 0 Å². The molecule has 32 heavy (non-hydrogen) atoms. The standard InChI is InChI=1S/C21H22ClF3N2O4S/c22-19-7-6-17(14-18(19)21(23,24)25)32(29,30)27-11-9-26(10-12-27)20(28)8-13-31-15-16-4-2-1-3-5-16/h1-7,14H,8-13,15H2. The fourth-order valence-electron chi connectivity index (χ4n) is 3.29. The van der Waals surface area contributed by atoms with Gasteiger partial charge in [0.05, 0.1) is 35.1 Å². The zero-order valence-electron chi connectivity index (χ0n) is 17.0. The van der Waals surface area contributed by atoms with Gasteiger partial charge in [0.15, 0.2) is 0 Å². The number of nitrogens with zero attached hydrogens (tertiary/aromatic N) is 2. The van der Waals surface area contributed by atoms with Crippen LogP contribution >= 0.6 is 11.6 Å². The molecule has 11 heteroatoms.